The van der Waals surface area contributed by atoms with Gasteiger partial charge in [0.1, 0.15) is 5.71 Å². The minimum absolute atomic E-state index is 0.104. The summed E-state index contributed by atoms with van der Waals surface area (Å²) in [6.07, 6.45) is 3.50. The van der Waals surface area contributed by atoms with E-state index < -0.39 is 0 Å². The Morgan fingerprint density at radius 1 is 0.857 bits per heavy atom. The monoisotopic (exact) mass is 388 g/mol. The number of benzene rings is 2. The van der Waals surface area contributed by atoms with Gasteiger partial charge in [0.05, 0.1) is 5.69 Å². The minimum atomic E-state index is 0.104. The number of hydrogen-bond acceptors (Lipinski definition) is 4. The van der Waals surface area contributed by atoms with E-state index in [4.69, 9.17) is 16.6 Å². The van der Waals surface area contributed by atoms with Gasteiger partial charge in [-0.2, -0.15) is 5.10 Å². The van der Waals surface area contributed by atoms with E-state index in [1.165, 1.54) is 5.56 Å². The van der Waals surface area contributed by atoms with E-state index in [1.807, 2.05) is 30.3 Å². The summed E-state index contributed by atoms with van der Waals surface area (Å²) in [6.45, 7) is 6.61. The molecule has 28 heavy (non-hydrogen) atoms. The number of nitrogens with one attached hydrogen (secondary N) is 1. The van der Waals surface area contributed by atoms with Crippen LogP contribution in [-0.2, 0) is 5.41 Å². The van der Waals surface area contributed by atoms with Crippen LogP contribution in [0.5, 0.6) is 0 Å². The number of amidine groups is 1. The fourth-order valence-corrected chi connectivity index (χ4v) is 3.27. The van der Waals surface area contributed by atoms with Crippen molar-refractivity contribution in [3.8, 4) is 0 Å². The maximum atomic E-state index is 6.26. The molecule has 0 radical (unpaired) electrons. The summed E-state index contributed by atoms with van der Waals surface area (Å²) < 4.78 is 0. The van der Waals surface area contributed by atoms with Crippen molar-refractivity contribution in [1.29, 1.82) is 0 Å². The molecule has 0 aliphatic carbocycles. The molecule has 0 bridgehead atoms. The summed E-state index contributed by atoms with van der Waals surface area (Å²) in [5, 5.41) is 5.30. The average molecular weight is 389 g/mol. The summed E-state index contributed by atoms with van der Waals surface area (Å²) in [6, 6.07) is 17.9. The molecule has 0 amide bonds. The maximum absolute atomic E-state index is 6.26. The van der Waals surface area contributed by atoms with Gasteiger partial charge in [0.2, 0.25) is 0 Å². The Hall–Kier alpha value is -2.98. The third-order valence-corrected chi connectivity index (χ3v) is 4.93. The summed E-state index contributed by atoms with van der Waals surface area (Å²) in [4.78, 5) is 8.93. The standard InChI is InChI=1S/C23H21ClN4/c1-23(2,3)17-6-4-16(5-7-17)22-26-20-9-8-18(24)14-19(20)21(27-28-22)15-10-12-25-13-11-15/h4-14H,1-3H3,(H,26,28). The molecule has 0 fully saturated rings. The predicted octanol–water partition coefficient (Wildman–Crippen LogP) is 5.47. The molecule has 2 aromatic carbocycles. The van der Waals surface area contributed by atoms with Crippen molar-refractivity contribution in [2.24, 2.45) is 10.1 Å². The molecule has 1 N–H and O–H groups in total. The van der Waals surface area contributed by atoms with Crippen molar-refractivity contribution in [1.82, 2.24) is 10.4 Å². The first-order valence-corrected chi connectivity index (χ1v) is 9.53. The van der Waals surface area contributed by atoms with E-state index in [-0.39, 0.29) is 5.41 Å². The molecule has 1 aliphatic rings. The van der Waals surface area contributed by atoms with Crippen LogP contribution in [0.3, 0.4) is 0 Å². The predicted molar refractivity (Wildman–Crippen MR) is 116 cm³/mol. The molecule has 2 heterocycles. The van der Waals surface area contributed by atoms with Gasteiger partial charge in [-0.3, -0.25) is 10.4 Å². The highest BCUT2D eigenvalue weighted by molar-refractivity contribution is 6.31. The zero-order valence-electron chi connectivity index (χ0n) is 16.1. The number of pyridine rings is 1. The molecule has 0 saturated heterocycles. The second-order valence-electron chi connectivity index (χ2n) is 7.76. The molecular weight excluding hydrogens is 368 g/mol. The van der Waals surface area contributed by atoms with Crippen molar-refractivity contribution in [3.05, 3.63) is 94.3 Å². The molecule has 5 heteroatoms. The average Bonchev–Trinajstić information content (AvgIpc) is 2.87. The van der Waals surface area contributed by atoms with Crippen LogP contribution in [-0.4, -0.2) is 16.5 Å². The first kappa shape index (κ1) is 18.4. The van der Waals surface area contributed by atoms with E-state index >= 15 is 0 Å². The van der Waals surface area contributed by atoms with Crippen LogP contribution in [0, 0.1) is 0 Å². The summed E-state index contributed by atoms with van der Waals surface area (Å²) in [7, 11) is 0. The van der Waals surface area contributed by atoms with Gasteiger partial charge >= 0.3 is 0 Å². The second-order valence-corrected chi connectivity index (χ2v) is 8.19. The van der Waals surface area contributed by atoms with Crippen LogP contribution >= 0.6 is 11.6 Å². The summed E-state index contributed by atoms with van der Waals surface area (Å²) >= 11 is 6.26. The van der Waals surface area contributed by atoms with E-state index in [2.05, 4.69) is 60.5 Å². The molecule has 4 nitrogen and oxygen atoms in total. The van der Waals surface area contributed by atoms with Crippen molar-refractivity contribution >= 4 is 28.8 Å². The molecule has 0 atom stereocenters. The van der Waals surface area contributed by atoms with Gasteiger partial charge in [-0.05, 0) is 41.3 Å². The van der Waals surface area contributed by atoms with Gasteiger partial charge in [0.15, 0.2) is 5.84 Å². The largest absolute Gasteiger partial charge is 0.265 e. The lowest BCUT2D eigenvalue weighted by molar-refractivity contribution is 0.590. The fraction of sp³-hybridized carbons (Fsp3) is 0.174. The van der Waals surface area contributed by atoms with E-state index in [1.54, 1.807) is 12.4 Å². The zero-order chi connectivity index (χ0) is 19.7. The topological polar surface area (TPSA) is 49.6 Å². The van der Waals surface area contributed by atoms with E-state index in [0.29, 0.717) is 10.9 Å². The van der Waals surface area contributed by atoms with E-state index in [9.17, 15) is 0 Å². The van der Waals surface area contributed by atoms with Crippen LogP contribution < -0.4 is 5.43 Å². The van der Waals surface area contributed by atoms with Crippen LogP contribution in [0.1, 0.15) is 43.0 Å². The van der Waals surface area contributed by atoms with Crippen molar-refractivity contribution < 1.29 is 0 Å². The Kier molecular flexibility index (Phi) is 4.73. The van der Waals surface area contributed by atoms with Gasteiger partial charge in [0, 0.05) is 34.1 Å². The lowest BCUT2D eigenvalue weighted by Gasteiger charge is -2.19. The SMILES string of the molecule is CC(C)(C)c1ccc(C2=Nc3ccc(Cl)cc3C(c3ccncc3)=NN2)cc1. The Labute approximate surface area is 170 Å². The second kappa shape index (κ2) is 7.21. The first-order chi connectivity index (χ1) is 13.4. The smallest absolute Gasteiger partial charge is 0.154 e. The molecule has 0 saturated carbocycles. The summed E-state index contributed by atoms with van der Waals surface area (Å²) in [5.41, 5.74) is 8.94. The third kappa shape index (κ3) is 3.69. The van der Waals surface area contributed by atoms with Crippen LogP contribution in [0.25, 0.3) is 0 Å². The zero-order valence-corrected chi connectivity index (χ0v) is 16.8. The quantitative estimate of drug-likeness (QED) is 0.633. The Bertz CT molecular complexity index is 1060. The van der Waals surface area contributed by atoms with Crippen LogP contribution in [0.4, 0.5) is 5.69 Å². The molecule has 1 aliphatic heterocycles. The molecule has 4 rings (SSSR count). The highest BCUT2D eigenvalue weighted by atomic mass is 35.5. The lowest BCUT2D eigenvalue weighted by Crippen LogP contribution is -2.20. The highest BCUT2D eigenvalue weighted by Gasteiger charge is 2.18. The number of rotatable bonds is 2. The molecule has 1 aromatic heterocycles. The van der Waals surface area contributed by atoms with Crippen molar-refractivity contribution in [3.63, 3.8) is 0 Å². The molecule has 140 valence electrons. The molecule has 0 unspecified atom stereocenters. The van der Waals surface area contributed by atoms with Crippen molar-refractivity contribution in [2.75, 3.05) is 0 Å². The number of hydrazone groups is 1. The molecule has 0 spiro atoms. The van der Waals surface area contributed by atoms with Gasteiger partial charge < -0.3 is 0 Å². The number of nitrogens with zero attached hydrogens (tertiary/aromatic N) is 3. The van der Waals surface area contributed by atoms with Gasteiger partial charge in [0.25, 0.3) is 0 Å². The van der Waals surface area contributed by atoms with Gasteiger partial charge in [-0.15, -0.1) is 0 Å². The van der Waals surface area contributed by atoms with E-state index in [0.717, 1.165) is 28.1 Å². The number of aliphatic imine (C=N–C) groups is 1. The van der Waals surface area contributed by atoms with Crippen LogP contribution in [0.2, 0.25) is 5.02 Å². The Morgan fingerprint density at radius 3 is 2.25 bits per heavy atom. The fourth-order valence-electron chi connectivity index (χ4n) is 3.10. The highest BCUT2D eigenvalue weighted by Crippen LogP contribution is 2.29. The number of aromatic nitrogens is 1. The minimum Gasteiger partial charge on any atom is -0.265 e. The lowest BCUT2D eigenvalue weighted by atomic mass is 9.86. The van der Waals surface area contributed by atoms with Gasteiger partial charge in [-0.1, -0.05) is 56.6 Å². The van der Waals surface area contributed by atoms with Crippen molar-refractivity contribution in [2.45, 2.75) is 26.2 Å². The van der Waals surface area contributed by atoms with Gasteiger partial charge in [-0.25, -0.2) is 4.99 Å². The number of hydrogen-bond donors (Lipinski definition) is 1. The Balaban J connectivity index is 1.80. The summed E-state index contributed by atoms with van der Waals surface area (Å²) in [5.74, 6) is 0.702. The molecule has 3 aromatic rings. The number of halogens is 1. The normalized spacial score (nSPS) is 13.7. The Morgan fingerprint density at radius 2 is 1.57 bits per heavy atom. The number of fused-ring (bicyclic) bond motifs is 1. The third-order valence-electron chi connectivity index (χ3n) is 4.70. The van der Waals surface area contributed by atoms with Crippen LogP contribution in [0.15, 0.2) is 77.1 Å². The molecular formula is C23H21ClN4. The first-order valence-electron chi connectivity index (χ1n) is 9.15. The maximum Gasteiger partial charge on any atom is 0.154 e.